The quantitative estimate of drug-likeness (QED) is 0.128. The van der Waals surface area contributed by atoms with Gasteiger partial charge >= 0.3 is 11.9 Å². The molecular formula is C46H46Cl2F2N2O8. The molecule has 2 unspecified atom stereocenters. The second kappa shape index (κ2) is 17.4. The molecule has 316 valence electrons. The highest BCUT2D eigenvalue weighted by Gasteiger charge is 2.48. The maximum atomic E-state index is 13.8. The maximum absolute atomic E-state index is 13.8. The van der Waals surface area contributed by atoms with E-state index in [0.717, 1.165) is 55.2 Å². The molecule has 0 bridgehead atoms. The summed E-state index contributed by atoms with van der Waals surface area (Å²) in [6, 6.07) is 15.1. The first-order chi connectivity index (χ1) is 28.6. The van der Waals surface area contributed by atoms with Crippen molar-refractivity contribution in [3.63, 3.8) is 0 Å². The molecule has 0 aliphatic heterocycles. The Hall–Kier alpha value is -5.20. The van der Waals surface area contributed by atoms with E-state index in [0.29, 0.717) is 38.2 Å². The van der Waals surface area contributed by atoms with Crippen LogP contribution in [0.5, 0.6) is 11.5 Å². The number of esters is 1. The van der Waals surface area contributed by atoms with Gasteiger partial charge in [-0.2, -0.15) is 0 Å². The number of aliphatic carboxylic acids is 1. The molecule has 2 fully saturated rings. The maximum Gasteiger partial charge on any atom is 0.332 e. The lowest BCUT2D eigenvalue weighted by molar-refractivity contribution is -0.150. The molecule has 4 aromatic carbocycles. The van der Waals surface area contributed by atoms with Crippen molar-refractivity contribution in [2.45, 2.75) is 108 Å². The molecule has 0 radical (unpaired) electrons. The topological polar surface area (TPSA) is 140 Å². The van der Waals surface area contributed by atoms with Gasteiger partial charge in [-0.3, -0.25) is 9.59 Å². The molecule has 14 heteroatoms. The molecule has 0 saturated heterocycles. The van der Waals surface area contributed by atoms with E-state index in [2.05, 4.69) is 10.6 Å². The number of halogens is 4. The van der Waals surface area contributed by atoms with E-state index >= 15 is 0 Å². The molecule has 2 atom stereocenters. The van der Waals surface area contributed by atoms with Gasteiger partial charge in [0.25, 0.3) is 11.8 Å². The van der Waals surface area contributed by atoms with Crippen molar-refractivity contribution in [3.8, 4) is 11.5 Å². The minimum absolute atomic E-state index is 0.0134. The van der Waals surface area contributed by atoms with Crippen molar-refractivity contribution in [2.24, 2.45) is 0 Å². The standard InChI is InChI=1S/C24H25ClFNO4.C22H21ClFNO4/c1-3-30-23(29)24(12-15-7-8-18(26)10-16(15)13-24)27-22(28)20-11-17(25)9-14(2)21(20)31-19-5-4-6-19;1-12-7-15(23)9-18(19(12)29-17-3-2-4-17)20(26)25-22(21(27)28)10-13-5-6-16(24)8-14(13)11-22/h7-11,19H,3-6,12-13H2,1-2H3,(H,27,28);5-9,17H,2-4,10-11H2,1H3,(H,25,26)(H,27,28). The summed E-state index contributed by atoms with van der Waals surface area (Å²) in [5, 5.41) is 16.3. The number of benzene rings is 4. The summed E-state index contributed by atoms with van der Waals surface area (Å²) >= 11 is 12.4. The Labute approximate surface area is 356 Å². The zero-order chi connectivity index (χ0) is 42.9. The monoisotopic (exact) mass is 862 g/mol. The molecule has 4 aromatic rings. The number of nitrogens with one attached hydrogen (secondary N) is 2. The Morgan fingerprint density at radius 3 is 1.50 bits per heavy atom. The van der Waals surface area contributed by atoms with Crippen LogP contribution in [0, 0.1) is 25.5 Å². The van der Waals surface area contributed by atoms with Crippen molar-refractivity contribution < 1.29 is 47.3 Å². The smallest absolute Gasteiger partial charge is 0.332 e. The number of rotatable bonds is 11. The first kappa shape index (κ1) is 42.9. The van der Waals surface area contributed by atoms with Crippen molar-refractivity contribution in [3.05, 3.63) is 127 Å². The van der Waals surface area contributed by atoms with Gasteiger partial charge in [0, 0.05) is 35.7 Å². The van der Waals surface area contributed by atoms with E-state index in [1.807, 2.05) is 6.92 Å². The lowest BCUT2D eigenvalue weighted by Gasteiger charge is -2.30. The Morgan fingerprint density at radius 2 is 1.08 bits per heavy atom. The van der Waals surface area contributed by atoms with Crippen molar-refractivity contribution in [1.29, 1.82) is 0 Å². The zero-order valence-corrected chi connectivity index (χ0v) is 35.0. The van der Waals surface area contributed by atoms with Crippen LogP contribution in [-0.4, -0.2) is 58.8 Å². The summed E-state index contributed by atoms with van der Waals surface area (Å²) in [5.41, 5.74) is 1.90. The first-order valence-corrected chi connectivity index (χ1v) is 20.9. The molecule has 0 aromatic heterocycles. The Balaban J connectivity index is 0.000000182. The van der Waals surface area contributed by atoms with E-state index in [1.165, 1.54) is 30.3 Å². The van der Waals surface area contributed by atoms with Crippen LogP contribution >= 0.6 is 23.2 Å². The molecule has 0 heterocycles. The van der Waals surface area contributed by atoms with E-state index in [4.69, 9.17) is 37.4 Å². The van der Waals surface area contributed by atoms with Crippen LogP contribution in [0.3, 0.4) is 0 Å². The zero-order valence-electron chi connectivity index (χ0n) is 33.5. The molecule has 60 heavy (non-hydrogen) atoms. The van der Waals surface area contributed by atoms with Gasteiger partial charge in [-0.05, 0) is 141 Å². The van der Waals surface area contributed by atoms with Gasteiger partial charge in [0.15, 0.2) is 0 Å². The Kier molecular flexibility index (Phi) is 12.5. The lowest BCUT2D eigenvalue weighted by atomic mass is 9.94. The molecule has 4 aliphatic rings. The normalized spacial score (nSPS) is 20.3. The van der Waals surface area contributed by atoms with Gasteiger partial charge in [-0.15, -0.1) is 0 Å². The number of aryl methyl sites for hydroxylation is 2. The first-order valence-electron chi connectivity index (χ1n) is 20.1. The number of fused-ring (bicyclic) bond motifs is 2. The number of carboxylic acids is 1. The predicted octanol–water partition coefficient (Wildman–Crippen LogP) is 8.62. The SMILES string of the molecule is CCOC(=O)C1(NC(=O)c2cc(Cl)cc(C)c2OC2CCC2)Cc2ccc(F)cc2C1.Cc1cc(Cl)cc(C(=O)NC2(C(=O)O)Cc3ccc(F)cc3C2)c1OC1CCC1. The van der Waals surface area contributed by atoms with Crippen LogP contribution in [0.25, 0.3) is 0 Å². The molecule has 3 N–H and O–H groups in total. The van der Waals surface area contributed by atoms with Gasteiger partial charge in [0.05, 0.1) is 29.9 Å². The average molecular weight is 864 g/mol. The summed E-state index contributed by atoms with van der Waals surface area (Å²) in [7, 11) is 0. The third-order valence-electron chi connectivity index (χ3n) is 11.7. The van der Waals surface area contributed by atoms with Gasteiger partial charge < -0.3 is 30.0 Å². The molecule has 0 spiro atoms. The number of ether oxygens (including phenoxy) is 3. The van der Waals surface area contributed by atoms with Crippen molar-refractivity contribution in [1.82, 2.24) is 10.6 Å². The summed E-state index contributed by atoms with van der Waals surface area (Å²) in [6.45, 7) is 5.53. The number of carbonyl (C=O) groups is 4. The second-order valence-corrected chi connectivity index (χ2v) is 17.0. The van der Waals surface area contributed by atoms with E-state index in [-0.39, 0.29) is 61.4 Å². The van der Waals surface area contributed by atoms with Gasteiger partial charge in [0.1, 0.15) is 34.2 Å². The lowest BCUT2D eigenvalue weighted by Crippen LogP contribution is -2.56. The van der Waals surface area contributed by atoms with Crippen LogP contribution in [0.15, 0.2) is 60.7 Å². The molecule has 10 nitrogen and oxygen atoms in total. The fourth-order valence-electron chi connectivity index (χ4n) is 8.12. The largest absolute Gasteiger partial charge is 0.489 e. The Bertz CT molecular complexity index is 2370. The Morgan fingerprint density at radius 1 is 0.667 bits per heavy atom. The molecule has 2 saturated carbocycles. The molecule has 2 amide bonds. The summed E-state index contributed by atoms with van der Waals surface area (Å²) in [6.07, 6.45) is 6.50. The van der Waals surface area contributed by atoms with Crippen LogP contribution < -0.4 is 20.1 Å². The van der Waals surface area contributed by atoms with Gasteiger partial charge in [0.2, 0.25) is 0 Å². The third kappa shape index (κ3) is 8.95. The highest BCUT2D eigenvalue weighted by molar-refractivity contribution is 6.31. The van der Waals surface area contributed by atoms with Crippen molar-refractivity contribution >= 4 is 47.0 Å². The predicted molar refractivity (Wildman–Crippen MR) is 221 cm³/mol. The summed E-state index contributed by atoms with van der Waals surface area (Å²) in [4.78, 5) is 51.6. The number of amides is 2. The molecule has 4 aliphatic carbocycles. The number of carboxylic acid groups (broad SMARTS) is 1. The molecule has 8 rings (SSSR count). The highest BCUT2D eigenvalue weighted by Crippen LogP contribution is 2.38. The van der Waals surface area contributed by atoms with Gasteiger partial charge in [-0.1, -0.05) is 35.3 Å². The van der Waals surface area contributed by atoms with Crippen LogP contribution in [0.4, 0.5) is 8.78 Å². The highest BCUT2D eigenvalue weighted by atomic mass is 35.5. The average Bonchev–Trinajstić information content (AvgIpc) is 3.70. The van der Waals surface area contributed by atoms with E-state index in [1.54, 1.807) is 44.2 Å². The number of hydrogen-bond donors (Lipinski definition) is 3. The van der Waals surface area contributed by atoms with Crippen LogP contribution in [-0.2, 0) is 40.0 Å². The fraction of sp³-hybridized carbons (Fsp3) is 0.391. The number of carbonyl (C=O) groups excluding carboxylic acids is 3. The van der Waals surface area contributed by atoms with Gasteiger partial charge in [-0.25, -0.2) is 18.4 Å². The minimum Gasteiger partial charge on any atom is -0.489 e. The fourth-order valence-corrected chi connectivity index (χ4v) is 8.67. The second-order valence-electron chi connectivity index (χ2n) is 16.2. The number of hydrogen-bond acceptors (Lipinski definition) is 7. The van der Waals surface area contributed by atoms with E-state index in [9.17, 15) is 33.1 Å². The summed E-state index contributed by atoms with van der Waals surface area (Å²) < 4.78 is 44.7. The van der Waals surface area contributed by atoms with Crippen LogP contribution in [0.2, 0.25) is 10.0 Å². The summed E-state index contributed by atoms with van der Waals surface area (Å²) in [5.74, 6) is -2.65. The van der Waals surface area contributed by atoms with E-state index < -0.39 is 40.6 Å². The van der Waals surface area contributed by atoms with Crippen LogP contribution in [0.1, 0.15) is 99.5 Å². The minimum atomic E-state index is -1.54. The molecular weight excluding hydrogens is 817 g/mol. The van der Waals surface area contributed by atoms with Crippen molar-refractivity contribution in [2.75, 3.05) is 6.61 Å². The third-order valence-corrected chi connectivity index (χ3v) is 12.2.